The minimum absolute atomic E-state index is 0.113. The Morgan fingerprint density at radius 2 is 1.19 bits per heavy atom. The van der Waals surface area contributed by atoms with E-state index in [-0.39, 0.29) is 12.7 Å². The molecule has 0 rings (SSSR count). The van der Waals surface area contributed by atoms with Gasteiger partial charge < -0.3 is 30.0 Å². The molecule has 0 aromatic rings. The molecule has 0 bridgehead atoms. The van der Waals surface area contributed by atoms with Gasteiger partial charge in [-0.05, 0) is 6.42 Å². The van der Waals surface area contributed by atoms with Gasteiger partial charge in [-0.15, -0.1) is 0 Å². The molecule has 0 saturated heterocycles. The molecule has 31 heavy (non-hydrogen) atoms. The number of aliphatic hydroxyl groups is 4. The maximum Gasteiger partial charge on any atom is 0.306 e. The van der Waals surface area contributed by atoms with Gasteiger partial charge in [0, 0.05) is 6.42 Å². The van der Waals surface area contributed by atoms with Crippen molar-refractivity contribution >= 4 is 12.3 Å². The second-order valence-electron chi connectivity index (χ2n) is 8.52. The lowest BCUT2D eigenvalue weighted by molar-refractivity contribution is -0.174. The first-order chi connectivity index (χ1) is 15.0. The van der Waals surface area contributed by atoms with Crippen LogP contribution in [-0.4, -0.2) is 63.7 Å². The predicted molar refractivity (Wildman–Crippen MR) is 121 cm³/mol. The summed E-state index contributed by atoms with van der Waals surface area (Å²) < 4.78 is 4.97. The molecule has 0 aromatic carbocycles. The van der Waals surface area contributed by atoms with Crippen LogP contribution < -0.4 is 0 Å². The van der Waals surface area contributed by atoms with Gasteiger partial charge in [0.2, 0.25) is 0 Å². The number of rotatable bonds is 22. The molecule has 0 unspecified atom stereocenters. The summed E-state index contributed by atoms with van der Waals surface area (Å²) in [6.07, 6.45) is 11.8. The lowest BCUT2D eigenvalue weighted by atomic mass is 10.0. The molecule has 0 radical (unpaired) electrons. The first-order valence-corrected chi connectivity index (χ1v) is 12.3. The number of esters is 1. The molecular formula is C24H46O7. The number of unbranched alkanes of at least 4 members (excludes halogenated alkanes) is 14. The van der Waals surface area contributed by atoms with Crippen LogP contribution in [-0.2, 0) is 14.3 Å². The summed E-state index contributed by atoms with van der Waals surface area (Å²) in [6, 6.07) is 0. The first-order valence-electron chi connectivity index (χ1n) is 12.3. The average Bonchev–Trinajstić information content (AvgIpc) is 2.78. The third-order valence-corrected chi connectivity index (χ3v) is 5.65. The summed E-state index contributed by atoms with van der Waals surface area (Å²) >= 11 is 0. The van der Waals surface area contributed by atoms with Gasteiger partial charge >= 0.3 is 5.97 Å². The third-order valence-electron chi connectivity index (χ3n) is 5.65. The number of ether oxygens (including phenoxy) is 1. The summed E-state index contributed by atoms with van der Waals surface area (Å²) in [5.41, 5.74) is 0. The van der Waals surface area contributed by atoms with Gasteiger partial charge in [-0.25, -0.2) is 0 Å². The highest BCUT2D eigenvalue weighted by atomic mass is 16.6. The molecule has 184 valence electrons. The Kier molecular flexibility index (Phi) is 20.2. The molecule has 0 spiro atoms. The lowest BCUT2D eigenvalue weighted by Gasteiger charge is -2.27. The van der Waals surface area contributed by atoms with Crippen molar-refractivity contribution in [1.82, 2.24) is 0 Å². The molecule has 0 aliphatic carbocycles. The van der Waals surface area contributed by atoms with E-state index >= 15 is 0 Å². The Morgan fingerprint density at radius 3 is 1.58 bits per heavy atom. The molecule has 0 aromatic heterocycles. The van der Waals surface area contributed by atoms with Crippen molar-refractivity contribution in [2.45, 2.75) is 134 Å². The van der Waals surface area contributed by atoms with Crippen LogP contribution in [0, 0.1) is 0 Å². The van der Waals surface area contributed by atoms with Crippen molar-refractivity contribution in [3.63, 3.8) is 0 Å². The van der Waals surface area contributed by atoms with Crippen LogP contribution >= 0.6 is 0 Å². The lowest BCUT2D eigenvalue weighted by Crippen LogP contribution is -2.48. The first kappa shape index (κ1) is 30.0. The van der Waals surface area contributed by atoms with Crippen molar-refractivity contribution in [2.24, 2.45) is 0 Å². The molecule has 0 aliphatic rings. The molecule has 0 saturated carbocycles. The highest BCUT2D eigenvalue weighted by Crippen LogP contribution is 2.15. The monoisotopic (exact) mass is 446 g/mol. The van der Waals surface area contributed by atoms with E-state index in [2.05, 4.69) is 6.92 Å². The zero-order chi connectivity index (χ0) is 23.3. The van der Waals surface area contributed by atoms with E-state index in [1.54, 1.807) is 0 Å². The predicted octanol–water partition coefficient (Wildman–Crippen LogP) is 3.43. The van der Waals surface area contributed by atoms with Crippen LogP contribution in [0.15, 0.2) is 0 Å². The van der Waals surface area contributed by atoms with E-state index in [1.807, 2.05) is 0 Å². The number of aliphatic hydroxyl groups excluding tert-OH is 4. The zero-order valence-electron chi connectivity index (χ0n) is 19.4. The van der Waals surface area contributed by atoms with Crippen LogP contribution in [0.5, 0.6) is 0 Å². The summed E-state index contributed by atoms with van der Waals surface area (Å²) in [4.78, 5) is 22.7. The van der Waals surface area contributed by atoms with Crippen LogP contribution in [0.1, 0.15) is 110 Å². The Labute approximate surface area is 188 Å². The fraction of sp³-hybridized carbons (Fsp3) is 0.917. The Hall–Kier alpha value is -1.02. The standard InChI is InChI=1S/C24H46O7/c1-2-3-4-5-6-7-8-9-10-11-12-13-14-15-16-17-22(29)31-24(21(28)19-26)23(30)20(27)18-25/h19-21,23-25,27-28,30H,2-18H2,1H3/t20-,21-,23-,24+/m1/s1. The molecule has 0 heterocycles. The summed E-state index contributed by atoms with van der Waals surface area (Å²) in [5.74, 6) is -0.648. The van der Waals surface area contributed by atoms with Gasteiger partial charge in [0.05, 0.1) is 6.61 Å². The third kappa shape index (κ3) is 16.3. The van der Waals surface area contributed by atoms with Crippen LogP contribution in [0.3, 0.4) is 0 Å². The van der Waals surface area contributed by atoms with E-state index < -0.39 is 37.0 Å². The molecular weight excluding hydrogens is 400 g/mol. The van der Waals surface area contributed by atoms with Crippen LogP contribution in [0.2, 0.25) is 0 Å². The number of hydrogen-bond donors (Lipinski definition) is 4. The number of carbonyl (C=O) groups is 2. The molecule has 4 N–H and O–H groups in total. The Morgan fingerprint density at radius 1 is 0.774 bits per heavy atom. The molecule has 4 atom stereocenters. The quantitative estimate of drug-likeness (QED) is 0.114. The fourth-order valence-corrected chi connectivity index (χ4v) is 3.60. The second-order valence-corrected chi connectivity index (χ2v) is 8.52. The largest absolute Gasteiger partial charge is 0.456 e. The molecule has 7 nitrogen and oxygen atoms in total. The van der Waals surface area contributed by atoms with E-state index in [9.17, 15) is 24.9 Å². The average molecular weight is 447 g/mol. The second kappa shape index (κ2) is 20.9. The zero-order valence-corrected chi connectivity index (χ0v) is 19.4. The van der Waals surface area contributed by atoms with Crippen molar-refractivity contribution in [1.29, 1.82) is 0 Å². The van der Waals surface area contributed by atoms with Gasteiger partial charge in [-0.1, -0.05) is 96.8 Å². The smallest absolute Gasteiger partial charge is 0.306 e. The maximum atomic E-state index is 11.9. The summed E-state index contributed by atoms with van der Waals surface area (Å²) in [6.45, 7) is 1.47. The molecule has 0 fully saturated rings. The van der Waals surface area contributed by atoms with Gasteiger partial charge in [0.25, 0.3) is 0 Å². The highest BCUT2D eigenvalue weighted by Gasteiger charge is 2.34. The van der Waals surface area contributed by atoms with E-state index in [0.29, 0.717) is 6.42 Å². The molecule has 0 aliphatic heterocycles. The highest BCUT2D eigenvalue weighted by molar-refractivity contribution is 5.70. The van der Waals surface area contributed by atoms with E-state index in [1.165, 1.54) is 70.6 Å². The number of carbonyl (C=O) groups excluding carboxylic acids is 2. The Balaban J connectivity index is 3.69. The minimum Gasteiger partial charge on any atom is -0.456 e. The molecule has 7 heteroatoms. The SMILES string of the molecule is CCCCCCCCCCCCCCCCCC(=O)O[C@H]([C@H](O)[C@H](O)CO)[C@H](O)C=O. The van der Waals surface area contributed by atoms with Crippen molar-refractivity contribution in [3.05, 3.63) is 0 Å². The van der Waals surface area contributed by atoms with Gasteiger partial charge in [-0.3, -0.25) is 4.79 Å². The summed E-state index contributed by atoms with van der Waals surface area (Å²) in [5, 5.41) is 37.7. The van der Waals surface area contributed by atoms with Gasteiger partial charge in [0.1, 0.15) is 18.3 Å². The van der Waals surface area contributed by atoms with E-state index in [0.717, 1.165) is 19.3 Å². The summed E-state index contributed by atoms with van der Waals surface area (Å²) in [7, 11) is 0. The fourth-order valence-electron chi connectivity index (χ4n) is 3.60. The van der Waals surface area contributed by atoms with Crippen molar-refractivity contribution < 1.29 is 34.8 Å². The number of aldehydes is 1. The van der Waals surface area contributed by atoms with E-state index in [4.69, 9.17) is 9.84 Å². The number of hydrogen-bond acceptors (Lipinski definition) is 7. The maximum absolute atomic E-state index is 11.9. The van der Waals surface area contributed by atoms with Gasteiger partial charge in [-0.2, -0.15) is 0 Å². The molecule has 0 amide bonds. The van der Waals surface area contributed by atoms with Gasteiger partial charge in [0.15, 0.2) is 12.4 Å². The van der Waals surface area contributed by atoms with Crippen molar-refractivity contribution in [3.8, 4) is 0 Å². The normalized spacial score (nSPS) is 15.3. The van der Waals surface area contributed by atoms with Crippen LogP contribution in [0.4, 0.5) is 0 Å². The topological polar surface area (TPSA) is 124 Å². The van der Waals surface area contributed by atoms with Crippen LogP contribution in [0.25, 0.3) is 0 Å². The Bertz CT molecular complexity index is 430. The minimum atomic E-state index is -1.76. The van der Waals surface area contributed by atoms with Crippen molar-refractivity contribution in [2.75, 3.05) is 6.61 Å².